The van der Waals surface area contributed by atoms with Gasteiger partial charge in [-0.25, -0.2) is 4.79 Å². The van der Waals surface area contributed by atoms with Gasteiger partial charge in [-0.3, -0.25) is 0 Å². The molecule has 3 aliphatic rings. The van der Waals surface area contributed by atoms with Crippen LogP contribution >= 0.6 is 0 Å². The molecule has 3 rings (SSSR count). The van der Waals surface area contributed by atoms with Crippen LogP contribution in [0.15, 0.2) is 23.8 Å². The van der Waals surface area contributed by atoms with Crippen molar-refractivity contribution in [3.8, 4) is 0 Å². The SMILES string of the molecule is C=C1CC[C@H]2[C@@](C)(CO)[C@H](O)CC[C@@]2(C)[C@@H]1C/C=C1/C(=O)OC[C@H]1O. The summed E-state index contributed by atoms with van der Waals surface area (Å²) in [5.74, 6) is -0.0734. The van der Waals surface area contributed by atoms with Gasteiger partial charge in [-0.15, -0.1) is 0 Å². The summed E-state index contributed by atoms with van der Waals surface area (Å²) in [5.41, 5.74) is 0.911. The van der Waals surface area contributed by atoms with E-state index in [-0.39, 0.29) is 30.5 Å². The molecule has 0 aromatic heterocycles. The molecular formula is C20H30O5. The van der Waals surface area contributed by atoms with Gasteiger partial charge in [0.25, 0.3) is 0 Å². The normalized spacial score (nSPS) is 46.2. The number of aliphatic hydroxyl groups is 3. The maximum atomic E-state index is 11.8. The molecule has 0 aromatic carbocycles. The van der Waals surface area contributed by atoms with Crippen LogP contribution in [0.1, 0.15) is 46.0 Å². The van der Waals surface area contributed by atoms with Crippen molar-refractivity contribution < 1.29 is 24.9 Å². The number of rotatable bonds is 3. The summed E-state index contributed by atoms with van der Waals surface area (Å²) in [6, 6.07) is 0. The number of carbonyl (C=O) groups is 1. The summed E-state index contributed by atoms with van der Waals surface area (Å²) in [7, 11) is 0. The van der Waals surface area contributed by atoms with Crippen LogP contribution in [0.2, 0.25) is 0 Å². The zero-order valence-electron chi connectivity index (χ0n) is 15.2. The average molecular weight is 350 g/mol. The van der Waals surface area contributed by atoms with E-state index in [0.717, 1.165) is 24.8 Å². The molecule has 1 saturated heterocycles. The van der Waals surface area contributed by atoms with Crippen molar-refractivity contribution in [1.82, 2.24) is 0 Å². The van der Waals surface area contributed by atoms with Crippen LogP contribution in [0, 0.1) is 22.7 Å². The molecule has 5 nitrogen and oxygen atoms in total. The highest BCUT2D eigenvalue weighted by atomic mass is 16.6. The Morgan fingerprint density at radius 3 is 2.64 bits per heavy atom. The number of cyclic esters (lactones) is 1. The molecule has 6 atom stereocenters. The van der Waals surface area contributed by atoms with E-state index in [4.69, 9.17) is 4.74 Å². The highest BCUT2D eigenvalue weighted by Gasteiger charge is 2.57. The molecule has 2 saturated carbocycles. The minimum atomic E-state index is -0.844. The summed E-state index contributed by atoms with van der Waals surface area (Å²) in [6.45, 7) is 8.50. The van der Waals surface area contributed by atoms with E-state index < -0.39 is 23.6 Å². The van der Waals surface area contributed by atoms with E-state index in [1.54, 1.807) is 0 Å². The van der Waals surface area contributed by atoms with E-state index in [2.05, 4.69) is 13.5 Å². The number of aliphatic hydroxyl groups excluding tert-OH is 3. The molecule has 2 aliphatic carbocycles. The molecule has 0 spiro atoms. The Bertz CT molecular complexity index is 597. The first-order chi connectivity index (χ1) is 11.7. The Labute approximate surface area is 149 Å². The Kier molecular flexibility index (Phi) is 4.86. The van der Waals surface area contributed by atoms with Crippen LogP contribution in [0.25, 0.3) is 0 Å². The van der Waals surface area contributed by atoms with Gasteiger partial charge in [0.1, 0.15) is 12.7 Å². The van der Waals surface area contributed by atoms with Crippen LogP contribution < -0.4 is 0 Å². The number of allylic oxidation sites excluding steroid dienone is 2. The maximum Gasteiger partial charge on any atom is 0.336 e. The van der Waals surface area contributed by atoms with Crippen molar-refractivity contribution in [2.75, 3.05) is 13.2 Å². The molecule has 25 heavy (non-hydrogen) atoms. The van der Waals surface area contributed by atoms with Gasteiger partial charge in [-0.1, -0.05) is 32.1 Å². The second-order valence-electron chi connectivity index (χ2n) is 8.54. The first-order valence-electron chi connectivity index (χ1n) is 9.26. The number of esters is 1. The standard InChI is InChI=1S/C20H30O5/c1-12-4-7-16-19(2,9-8-17(23)20(16,3)11-21)14(12)6-5-13-15(22)10-25-18(13)24/h5,14-17,21-23H,1,4,6-11H2,2-3H3/b13-5+/t14-,15-,16-,17-,19+,20-/m1/s1. The minimum Gasteiger partial charge on any atom is -0.459 e. The Hall–Kier alpha value is -1.17. The summed E-state index contributed by atoms with van der Waals surface area (Å²) in [5, 5.41) is 30.4. The predicted octanol–water partition coefficient (Wildman–Crippen LogP) is 1.96. The third kappa shape index (κ3) is 2.86. The van der Waals surface area contributed by atoms with E-state index >= 15 is 0 Å². The lowest BCUT2D eigenvalue weighted by molar-refractivity contribution is -0.151. The molecule has 1 aliphatic heterocycles. The minimum absolute atomic E-state index is 0.0280. The van der Waals surface area contributed by atoms with Gasteiger partial charge in [0.2, 0.25) is 0 Å². The molecule has 0 bridgehead atoms. The fourth-order valence-corrected chi connectivity index (χ4v) is 5.56. The van der Waals surface area contributed by atoms with Crippen molar-refractivity contribution in [3.63, 3.8) is 0 Å². The fourth-order valence-electron chi connectivity index (χ4n) is 5.56. The highest BCUT2D eigenvalue weighted by molar-refractivity contribution is 5.91. The summed E-state index contributed by atoms with van der Waals surface area (Å²) in [6.07, 6.45) is 4.42. The van der Waals surface area contributed by atoms with Gasteiger partial charge in [0, 0.05) is 5.41 Å². The maximum absolute atomic E-state index is 11.8. The molecule has 0 radical (unpaired) electrons. The van der Waals surface area contributed by atoms with E-state index in [9.17, 15) is 20.1 Å². The smallest absolute Gasteiger partial charge is 0.336 e. The average Bonchev–Trinajstić information content (AvgIpc) is 2.89. The first kappa shape index (κ1) is 18.6. The number of fused-ring (bicyclic) bond motifs is 1. The number of hydrogen-bond acceptors (Lipinski definition) is 5. The second-order valence-corrected chi connectivity index (χ2v) is 8.54. The molecule has 0 aromatic rings. The third-order valence-corrected chi connectivity index (χ3v) is 7.23. The summed E-state index contributed by atoms with van der Waals surface area (Å²) < 4.78 is 4.90. The molecule has 140 valence electrons. The lowest BCUT2D eigenvalue weighted by atomic mass is 9.46. The topological polar surface area (TPSA) is 87.0 Å². The molecule has 5 heteroatoms. The third-order valence-electron chi connectivity index (χ3n) is 7.23. The number of carbonyl (C=O) groups excluding carboxylic acids is 1. The zero-order valence-corrected chi connectivity index (χ0v) is 15.2. The fraction of sp³-hybridized carbons (Fsp3) is 0.750. The van der Waals surface area contributed by atoms with Crippen LogP contribution in [0.3, 0.4) is 0 Å². The Balaban J connectivity index is 1.89. The van der Waals surface area contributed by atoms with Crippen molar-refractivity contribution in [2.24, 2.45) is 22.7 Å². The summed E-state index contributed by atoms with van der Waals surface area (Å²) in [4.78, 5) is 11.8. The monoisotopic (exact) mass is 350 g/mol. The Morgan fingerprint density at radius 2 is 2.04 bits per heavy atom. The van der Waals surface area contributed by atoms with Gasteiger partial charge < -0.3 is 20.1 Å². The van der Waals surface area contributed by atoms with Gasteiger partial charge in [0.05, 0.1) is 18.3 Å². The molecule has 3 fully saturated rings. The van der Waals surface area contributed by atoms with Crippen LogP contribution in [-0.2, 0) is 9.53 Å². The predicted molar refractivity (Wildman–Crippen MR) is 93.6 cm³/mol. The van der Waals surface area contributed by atoms with Crippen LogP contribution in [0.5, 0.6) is 0 Å². The van der Waals surface area contributed by atoms with Gasteiger partial charge >= 0.3 is 5.97 Å². The van der Waals surface area contributed by atoms with Crippen molar-refractivity contribution in [3.05, 3.63) is 23.8 Å². The quantitative estimate of drug-likeness (QED) is 0.411. The van der Waals surface area contributed by atoms with Crippen molar-refractivity contribution in [1.29, 1.82) is 0 Å². The zero-order chi connectivity index (χ0) is 18.4. The lowest BCUT2D eigenvalue weighted by Gasteiger charge is -2.59. The van der Waals surface area contributed by atoms with E-state index in [0.29, 0.717) is 18.4 Å². The summed E-state index contributed by atoms with van der Waals surface area (Å²) >= 11 is 0. The van der Waals surface area contributed by atoms with Gasteiger partial charge in [-0.2, -0.15) is 0 Å². The lowest BCUT2D eigenvalue weighted by Crippen LogP contribution is -2.57. The number of hydrogen-bond donors (Lipinski definition) is 3. The van der Waals surface area contributed by atoms with Gasteiger partial charge in [0.15, 0.2) is 0 Å². The highest BCUT2D eigenvalue weighted by Crippen LogP contribution is 2.61. The molecular weight excluding hydrogens is 320 g/mol. The van der Waals surface area contributed by atoms with E-state index in [1.807, 2.05) is 13.0 Å². The largest absolute Gasteiger partial charge is 0.459 e. The first-order valence-corrected chi connectivity index (χ1v) is 9.26. The molecule has 1 heterocycles. The molecule has 3 N–H and O–H groups in total. The van der Waals surface area contributed by atoms with E-state index in [1.165, 1.54) is 0 Å². The molecule has 0 amide bonds. The van der Waals surface area contributed by atoms with Crippen molar-refractivity contribution >= 4 is 5.97 Å². The van der Waals surface area contributed by atoms with Crippen LogP contribution in [-0.4, -0.2) is 46.7 Å². The van der Waals surface area contributed by atoms with Crippen molar-refractivity contribution in [2.45, 2.75) is 58.2 Å². The van der Waals surface area contributed by atoms with Crippen LogP contribution in [0.4, 0.5) is 0 Å². The number of ether oxygens (including phenoxy) is 1. The van der Waals surface area contributed by atoms with Gasteiger partial charge in [-0.05, 0) is 49.4 Å². The Morgan fingerprint density at radius 1 is 1.32 bits per heavy atom. The molecule has 0 unspecified atom stereocenters. The second kappa shape index (κ2) is 6.53.